The van der Waals surface area contributed by atoms with Gasteiger partial charge in [-0.3, -0.25) is 4.79 Å². The molecule has 0 bridgehead atoms. The molecule has 2 atom stereocenters. The van der Waals surface area contributed by atoms with Crippen LogP contribution in [-0.2, 0) is 4.79 Å². The zero-order chi connectivity index (χ0) is 20.0. The molecule has 0 radical (unpaired) electrons. The van der Waals surface area contributed by atoms with Gasteiger partial charge in [0.25, 0.3) is 0 Å². The quantitative estimate of drug-likeness (QED) is 0.608. The second-order valence-electron chi connectivity index (χ2n) is 7.59. The molecule has 0 fully saturated rings. The summed E-state index contributed by atoms with van der Waals surface area (Å²) in [6.45, 7) is 2.06. The van der Waals surface area contributed by atoms with Crippen LogP contribution in [0.4, 0.5) is 11.6 Å². The number of phenols is 1. The molecule has 2 unspecified atom stereocenters. The second-order valence-corrected chi connectivity index (χ2v) is 7.59. The number of allylic oxidation sites excluding steroid dienone is 1. The van der Waals surface area contributed by atoms with Gasteiger partial charge in [-0.05, 0) is 52.8 Å². The fourth-order valence-corrected chi connectivity index (χ4v) is 4.18. The van der Waals surface area contributed by atoms with Crippen molar-refractivity contribution in [2.75, 3.05) is 10.6 Å². The SMILES string of the molecule is Cc1cccc(C2CC(=O)C3=C(C2)Nc2nonc2NC3c2ccc(O)cc2)c1. The molecule has 7 heteroatoms. The normalized spacial score (nSPS) is 20.9. The maximum absolute atomic E-state index is 13.3. The minimum Gasteiger partial charge on any atom is -0.508 e. The van der Waals surface area contributed by atoms with E-state index >= 15 is 0 Å². The van der Waals surface area contributed by atoms with Gasteiger partial charge in [0.2, 0.25) is 11.6 Å². The predicted octanol–water partition coefficient (Wildman–Crippen LogP) is 4.06. The minimum atomic E-state index is -0.405. The Balaban J connectivity index is 1.59. The third kappa shape index (κ3) is 3.14. The number of aromatic nitrogens is 2. The molecule has 3 N–H and O–H groups in total. The number of hydrogen-bond donors (Lipinski definition) is 3. The topological polar surface area (TPSA) is 100 Å². The minimum absolute atomic E-state index is 0.0814. The van der Waals surface area contributed by atoms with Crippen LogP contribution in [0, 0.1) is 6.92 Å². The molecular formula is C22H20N4O3. The molecule has 0 amide bonds. The maximum Gasteiger partial charge on any atom is 0.219 e. The summed E-state index contributed by atoms with van der Waals surface area (Å²) in [7, 11) is 0. The molecule has 146 valence electrons. The molecular weight excluding hydrogens is 368 g/mol. The highest BCUT2D eigenvalue weighted by molar-refractivity contribution is 6.00. The Morgan fingerprint density at radius 1 is 1.03 bits per heavy atom. The number of carbonyl (C=O) groups excluding carboxylic acids is 1. The van der Waals surface area contributed by atoms with E-state index < -0.39 is 6.04 Å². The summed E-state index contributed by atoms with van der Waals surface area (Å²) in [6, 6.07) is 14.7. The van der Waals surface area contributed by atoms with Crippen molar-refractivity contribution in [1.29, 1.82) is 0 Å². The molecule has 0 spiro atoms. The van der Waals surface area contributed by atoms with Crippen LogP contribution in [0.3, 0.4) is 0 Å². The molecule has 5 rings (SSSR count). The van der Waals surface area contributed by atoms with E-state index in [2.05, 4.69) is 46.1 Å². The molecule has 0 saturated heterocycles. The molecule has 1 aromatic heterocycles. The van der Waals surface area contributed by atoms with E-state index in [0.29, 0.717) is 30.1 Å². The standard InChI is InChI=1S/C22H20N4O3/c1-12-3-2-4-14(9-12)15-10-17-19(18(28)11-15)20(13-5-7-16(27)8-6-13)24-22-21(23-17)25-29-26-22/h2-9,15,20,27H,10-11H2,1H3,(H,23,25)(H,24,26). The van der Waals surface area contributed by atoms with Crippen molar-refractivity contribution >= 4 is 17.4 Å². The van der Waals surface area contributed by atoms with Crippen molar-refractivity contribution in [2.45, 2.75) is 31.7 Å². The fourth-order valence-electron chi connectivity index (χ4n) is 4.18. The highest BCUT2D eigenvalue weighted by atomic mass is 16.6. The molecule has 3 aromatic rings. The highest BCUT2D eigenvalue weighted by Crippen LogP contribution is 2.43. The number of benzene rings is 2. The van der Waals surface area contributed by atoms with Gasteiger partial charge in [-0.2, -0.15) is 0 Å². The summed E-state index contributed by atoms with van der Waals surface area (Å²) in [5.41, 5.74) is 4.70. The summed E-state index contributed by atoms with van der Waals surface area (Å²) >= 11 is 0. The van der Waals surface area contributed by atoms with Crippen LogP contribution in [0.5, 0.6) is 5.75 Å². The Morgan fingerprint density at radius 3 is 2.62 bits per heavy atom. The lowest BCUT2D eigenvalue weighted by Gasteiger charge is -2.29. The van der Waals surface area contributed by atoms with Crippen molar-refractivity contribution in [3.63, 3.8) is 0 Å². The average molecular weight is 388 g/mol. The van der Waals surface area contributed by atoms with Crippen molar-refractivity contribution in [1.82, 2.24) is 10.3 Å². The van der Waals surface area contributed by atoms with Gasteiger partial charge in [-0.25, -0.2) is 4.63 Å². The molecule has 1 aliphatic carbocycles. The van der Waals surface area contributed by atoms with Crippen LogP contribution in [-0.4, -0.2) is 21.2 Å². The van der Waals surface area contributed by atoms with E-state index in [1.54, 1.807) is 24.3 Å². The third-order valence-electron chi connectivity index (χ3n) is 5.58. The number of aromatic hydroxyl groups is 1. The number of aryl methyl sites for hydroxylation is 1. The first kappa shape index (κ1) is 17.5. The monoisotopic (exact) mass is 388 g/mol. The highest BCUT2D eigenvalue weighted by Gasteiger charge is 2.37. The van der Waals surface area contributed by atoms with Crippen molar-refractivity contribution < 1.29 is 14.5 Å². The van der Waals surface area contributed by atoms with Gasteiger partial charge < -0.3 is 15.7 Å². The zero-order valence-electron chi connectivity index (χ0n) is 15.8. The van der Waals surface area contributed by atoms with E-state index in [0.717, 1.165) is 16.8 Å². The lowest BCUT2D eigenvalue weighted by molar-refractivity contribution is -0.116. The molecule has 29 heavy (non-hydrogen) atoms. The summed E-state index contributed by atoms with van der Waals surface area (Å²) in [5, 5.41) is 24.1. The number of ketones is 1. The smallest absolute Gasteiger partial charge is 0.219 e. The fraction of sp³-hybridized carbons (Fsp3) is 0.227. The number of fused-ring (bicyclic) bond motifs is 1. The van der Waals surface area contributed by atoms with Crippen LogP contribution in [0.25, 0.3) is 0 Å². The number of hydrogen-bond acceptors (Lipinski definition) is 7. The first-order chi connectivity index (χ1) is 14.1. The molecule has 0 saturated carbocycles. The lowest BCUT2D eigenvalue weighted by atomic mass is 9.78. The molecule has 2 aliphatic rings. The van der Waals surface area contributed by atoms with Gasteiger partial charge in [0.15, 0.2) is 5.78 Å². The van der Waals surface area contributed by atoms with E-state index in [4.69, 9.17) is 4.63 Å². The van der Waals surface area contributed by atoms with E-state index in [-0.39, 0.29) is 17.5 Å². The number of carbonyl (C=O) groups is 1. The van der Waals surface area contributed by atoms with Crippen LogP contribution < -0.4 is 10.6 Å². The third-order valence-corrected chi connectivity index (χ3v) is 5.58. The van der Waals surface area contributed by atoms with Crippen LogP contribution >= 0.6 is 0 Å². The number of phenolic OH excluding ortho intramolecular Hbond substituents is 1. The molecule has 2 heterocycles. The lowest BCUT2D eigenvalue weighted by Crippen LogP contribution is -2.27. The Bertz CT molecular complexity index is 1120. The summed E-state index contributed by atoms with van der Waals surface area (Å²) in [4.78, 5) is 13.3. The van der Waals surface area contributed by atoms with Gasteiger partial charge in [0.1, 0.15) is 5.75 Å². The average Bonchev–Trinajstić information content (AvgIpc) is 3.07. The van der Waals surface area contributed by atoms with Gasteiger partial charge >= 0.3 is 0 Å². The van der Waals surface area contributed by atoms with E-state index in [1.165, 1.54) is 5.56 Å². The van der Waals surface area contributed by atoms with Gasteiger partial charge in [-0.15, -0.1) is 0 Å². The number of anilines is 2. The van der Waals surface area contributed by atoms with Crippen molar-refractivity contribution in [2.24, 2.45) is 0 Å². The number of nitrogens with zero attached hydrogens (tertiary/aromatic N) is 2. The Morgan fingerprint density at radius 2 is 1.83 bits per heavy atom. The van der Waals surface area contributed by atoms with Crippen LogP contribution in [0.2, 0.25) is 0 Å². The Hall–Kier alpha value is -3.61. The predicted molar refractivity (Wildman–Crippen MR) is 108 cm³/mol. The van der Waals surface area contributed by atoms with Crippen molar-refractivity contribution in [3.8, 4) is 5.75 Å². The van der Waals surface area contributed by atoms with Gasteiger partial charge in [0.05, 0.1) is 6.04 Å². The first-order valence-electron chi connectivity index (χ1n) is 9.56. The number of rotatable bonds is 2. The molecule has 1 aliphatic heterocycles. The molecule has 7 nitrogen and oxygen atoms in total. The maximum atomic E-state index is 13.3. The van der Waals surface area contributed by atoms with Gasteiger partial charge in [-0.1, -0.05) is 42.0 Å². The van der Waals surface area contributed by atoms with E-state index in [1.807, 2.05) is 6.07 Å². The zero-order valence-corrected chi connectivity index (χ0v) is 15.8. The number of nitrogens with one attached hydrogen (secondary N) is 2. The van der Waals surface area contributed by atoms with Gasteiger partial charge in [0, 0.05) is 17.7 Å². The summed E-state index contributed by atoms with van der Waals surface area (Å²) in [6.07, 6.45) is 1.13. The van der Waals surface area contributed by atoms with Crippen LogP contribution in [0.15, 0.2) is 64.4 Å². The first-order valence-corrected chi connectivity index (χ1v) is 9.56. The van der Waals surface area contributed by atoms with Crippen LogP contribution in [0.1, 0.15) is 41.5 Å². The number of Topliss-reactive ketones (excluding diaryl/α,β-unsaturated/α-hetero) is 1. The second kappa shape index (κ2) is 6.77. The summed E-state index contributed by atoms with van der Waals surface area (Å²) in [5.74, 6) is 1.27. The van der Waals surface area contributed by atoms with Crippen molar-refractivity contribution in [3.05, 3.63) is 76.5 Å². The Labute approximate surface area is 167 Å². The Kier molecular flexibility index (Phi) is 4.08. The van der Waals surface area contributed by atoms with E-state index in [9.17, 15) is 9.90 Å². The molecule has 2 aromatic carbocycles. The largest absolute Gasteiger partial charge is 0.508 e. The summed E-state index contributed by atoms with van der Waals surface area (Å²) < 4.78 is 4.89.